The number of hydrogen-bond donors (Lipinski definition) is 0. The van der Waals surface area contributed by atoms with Gasteiger partial charge in [-0.25, -0.2) is 8.42 Å². The minimum atomic E-state index is -3.55. The lowest BCUT2D eigenvalue weighted by atomic mass is 10.2. The highest BCUT2D eigenvalue weighted by atomic mass is 35.5. The Hall–Kier alpha value is -0.590. The van der Waals surface area contributed by atoms with Crippen LogP contribution in [-0.2, 0) is 22.4 Å². The van der Waals surface area contributed by atoms with E-state index in [1.54, 1.807) is 26.1 Å². The molecule has 0 N–H and O–H groups in total. The molecule has 0 amide bonds. The molecule has 2 aromatic rings. The topological polar surface area (TPSA) is 37.4 Å². The second-order valence-electron chi connectivity index (χ2n) is 4.62. The maximum atomic E-state index is 12.6. The highest BCUT2D eigenvalue weighted by Crippen LogP contribution is 2.29. The molecule has 0 fully saturated rings. The van der Waals surface area contributed by atoms with Gasteiger partial charge in [-0.15, -0.1) is 22.9 Å². The Morgan fingerprint density at radius 2 is 1.95 bits per heavy atom. The highest BCUT2D eigenvalue weighted by molar-refractivity contribution is 7.89. The van der Waals surface area contributed by atoms with Gasteiger partial charge in [-0.05, 0) is 24.6 Å². The van der Waals surface area contributed by atoms with Crippen LogP contribution < -0.4 is 0 Å². The van der Waals surface area contributed by atoms with Gasteiger partial charge in [0.15, 0.2) is 0 Å². The van der Waals surface area contributed by atoms with Crippen molar-refractivity contribution in [2.24, 2.45) is 0 Å². The molecule has 0 saturated heterocycles. The first kappa shape index (κ1) is 16.8. The van der Waals surface area contributed by atoms with Crippen molar-refractivity contribution in [1.82, 2.24) is 4.31 Å². The molecular formula is C14H15Cl2NO2S2. The SMILES string of the molecule is Cc1sc(CCl)cc1S(=O)(=O)N(C)Cc1ccccc1Cl. The summed E-state index contributed by atoms with van der Waals surface area (Å²) in [5.41, 5.74) is 0.774. The maximum absolute atomic E-state index is 12.6. The average Bonchev–Trinajstić information content (AvgIpc) is 2.83. The zero-order valence-electron chi connectivity index (χ0n) is 11.6. The third-order valence-corrected chi connectivity index (χ3v) is 7.02. The summed E-state index contributed by atoms with van der Waals surface area (Å²) in [7, 11) is -2.00. The fourth-order valence-corrected chi connectivity index (χ4v) is 5.00. The van der Waals surface area contributed by atoms with E-state index in [-0.39, 0.29) is 6.54 Å². The van der Waals surface area contributed by atoms with E-state index in [0.717, 1.165) is 15.3 Å². The van der Waals surface area contributed by atoms with E-state index in [9.17, 15) is 8.42 Å². The Morgan fingerprint density at radius 1 is 1.29 bits per heavy atom. The van der Waals surface area contributed by atoms with Gasteiger partial charge in [0.1, 0.15) is 0 Å². The molecule has 0 aliphatic rings. The number of nitrogens with zero attached hydrogens (tertiary/aromatic N) is 1. The van der Waals surface area contributed by atoms with Crippen molar-refractivity contribution >= 4 is 44.6 Å². The molecule has 0 aliphatic heterocycles. The van der Waals surface area contributed by atoms with E-state index in [0.29, 0.717) is 15.8 Å². The molecule has 114 valence electrons. The van der Waals surface area contributed by atoms with Crippen LogP contribution in [-0.4, -0.2) is 19.8 Å². The van der Waals surface area contributed by atoms with Crippen molar-refractivity contribution in [1.29, 1.82) is 0 Å². The average molecular weight is 364 g/mol. The summed E-state index contributed by atoms with van der Waals surface area (Å²) in [4.78, 5) is 1.91. The maximum Gasteiger partial charge on any atom is 0.244 e. The van der Waals surface area contributed by atoms with Gasteiger partial charge in [-0.3, -0.25) is 0 Å². The molecule has 0 radical (unpaired) electrons. The molecule has 1 aromatic carbocycles. The largest absolute Gasteiger partial charge is 0.244 e. The van der Waals surface area contributed by atoms with Crippen LogP contribution in [0.15, 0.2) is 35.2 Å². The Morgan fingerprint density at radius 3 is 2.52 bits per heavy atom. The van der Waals surface area contributed by atoms with Crippen LogP contribution >= 0.6 is 34.5 Å². The molecule has 21 heavy (non-hydrogen) atoms. The van der Waals surface area contributed by atoms with Gasteiger partial charge in [0, 0.05) is 28.4 Å². The number of halogens is 2. The predicted molar refractivity (Wildman–Crippen MR) is 88.7 cm³/mol. The molecule has 0 unspecified atom stereocenters. The summed E-state index contributed by atoms with van der Waals surface area (Å²) in [6.07, 6.45) is 0. The molecule has 0 atom stereocenters. The number of hydrogen-bond acceptors (Lipinski definition) is 3. The van der Waals surface area contributed by atoms with Gasteiger partial charge in [0.05, 0.1) is 10.8 Å². The third-order valence-electron chi connectivity index (χ3n) is 3.09. The lowest BCUT2D eigenvalue weighted by Gasteiger charge is -2.17. The van der Waals surface area contributed by atoms with Crippen LogP contribution in [0.3, 0.4) is 0 Å². The normalized spacial score (nSPS) is 12.0. The highest BCUT2D eigenvalue weighted by Gasteiger charge is 2.25. The molecule has 1 aromatic heterocycles. The van der Waals surface area contributed by atoms with Crippen LogP contribution in [0.2, 0.25) is 5.02 Å². The van der Waals surface area contributed by atoms with Crippen molar-refractivity contribution in [2.45, 2.75) is 24.2 Å². The van der Waals surface area contributed by atoms with Gasteiger partial charge in [-0.1, -0.05) is 29.8 Å². The van der Waals surface area contributed by atoms with Crippen molar-refractivity contribution in [3.8, 4) is 0 Å². The van der Waals surface area contributed by atoms with Gasteiger partial charge in [0.2, 0.25) is 10.0 Å². The van der Waals surface area contributed by atoms with E-state index in [1.807, 2.05) is 18.2 Å². The van der Waals surface area contributed by atoms with Gasteiger partial charge in [0.25, 0.3) is 0 Å². The van der Waals surface area contributed by atoms with Gasteiger partial charge >= 0.3 is 0 Å². The van der Waals surface area contributed by atoms with Crippen LogP contribution in [0.1, 0.15) is 15.3 Å². The standard InChI is InChI=1S/C14H15Cl2NO2S2/c1-10-14(7-12(8-15)20-10)21(18,19)17(2)9-11-5-3-4-6-13(11)16/h3-7H,8-9H2,1-2H3. The molecule has 0 aliphatic carbocycles. The zero-order valence-corrected chi connectivity index (χ0v) is 14.8. The van der Waals surface area contributed by atoms with E-state index in [4.69, 9.17) is 23.2 Å². The first-order valence-corrected chi connectivity index (χ1v) is 9.38. The van der Waals surface area contributed by atoms with Gasteiger partial charge < -0.3 is 0 Å². The number of thiophene rings is 1. The van der Waals surface area contributed by atoms with Crippen molar-refractivity contribution in [2.75, 3.05) is 7.05 Å². The van der Waals surface area contributed by atoms with Crippen LogP contribution in [0, 0.1) is 6.92 Å². The van der Waals surface area contributed by atoms with Crippen LogP contribution in [0.25, 0.3) is 0 Å². The van der Waals surface area contributed by atoms with E-state index >= 15 is 0 Å². The lowest BCUT2D eigenvalue weighted by molar-refractivity contribution is 0.466. The zero-order chi connectivity index (χ0) is 15.6. The monoisotopic (exact) mass is 363 g/mol. The van der Waals surface area contributed by atoms with Crippen molar-refractivity contribution < 1.29 is 8.42 Å². The second-order valence-corrected chi connectivity index (χ2v) is 8.65. The molecule has 2 rings (SSSR count). The minimum Gasteiger partial charge on any atom is -0.207 e. The summed E-state index contributed by atoms with van der Waals surface area (Å²) in [6.45, 7) is 2.02. The van der Waals surface area contributed by atoms with E-state index in [1.165, 1.54) is 15.6 Å². The van der Waals surface area contributed by atoms with Gasteiger partial charge in [-0.2, -0.15) is 4.31 Å². The number of rotatable bonds is 5. The minimum absolute atomic E-state index is 0.230. The van der Waals surface area contributed by atoms with Crippen LogP contribution in [0.5, 0.6) is 0 Å². The van der Waals surface area contributed by atoms with E-state index < -0.39 is 10.0 Å². The molecule has 7 heteroatoms. The summed E-state index contributed by atoms with van der Waals surface area (Å²) >= 11 is 13.3. The Bertz CT molecular complexity index is 741. The van der Waals surface area contributed by atoms with E-state index in [2.05, 4.69) is 0 Å². The molecule has 0 saturated carbocycles. The quantitative estimate of drug-likeness (QED) is 0.743. The predicted octanol–water partition coefficient (Wildman–Crippen LogP) is 4.27. The second kappa shape index (κ2) is 6.67. The molecule has 1 heterocycles. The summed E-state index contributed by atoms with van der Waals surface area (Å²) in [5.74, 6) is 0.315. The third kappa shape index (κ3) is 3.60. The Kier molecular flexibility index (Phi) is 5.33. The Labute approximate surface area is 139 Å². The molecular weight excluding hydrogens is 349 g/mol. The molecule has 0 bridgehead atoms. The smallest absolute Gasteiger partial charge is 0.207 e. The molecule has 3 nitrogen and oxygen atoms in total. The first-order chi connectivity index (χ1) is 9.86. The fourth-order valence-electron chi connectivity index (χ4n) is 1.97. The number of alkyl halides is 1. The summed E-state index contributed by atoms with van der Waals surface area (Å²) < 4.78 is 26.6. The lowest BCUT2D eigenvalue weighted by Crippen LogP contribution is -2.26. The number of benzene rings is 1. The molecule has 0 spiro atoms. The Balaban J connectivity index is 2.30. The fraction of sp³-hybridized carbons (Fsp3) is 0.286. The summed E-state index contributed by atoms with van der Waals surface area (Å²) in [5, 5.41) is 0.558. The number of sulfonamides is 1. The van der Waals surface area contributed by atoms with Crippen molar-refractivity contribution in [3.05, 3.63) is 50.7 Å². The van der Waals surface area contributed by atoms with Crippen LogP contribution in [0.4, 0.5) is 0 Å². The first-order valence-electron chi connectivity index (χ1n) is 6.21. The summed E-state index contributed by atoms with van der Waals surface area (Å²) in [6, 6.07) is 8.86. The van der Waals surface area contributed by atoms with Crippen molar-refractivity contribution in [3.63, 3.8) is 0 Å². The number of aryl methyl sites for hydroxylation is 1.